The van der Waals surface area contributed by atoms with Crippen molar-refractivity contribution < 1.29 is 35.9 Å². The van der Waals surface area contributed by atoms with Gasteiger partial charge in [-0.3, -0.25) is 4.79 Å². The van der Waals surface area contributed by atoms with Crippen LogP contribution in [-0.2, 0) is 19.1 Å². The molecule has 0 N–H and O–H groups in total. The number of halogens is 7. The molecule has 0 radical (unpaired) electrons. The SMILES string of the molecule is O=C(c1cc(Cl)cc(C(F)(F)F)c1)N(CCc1ccc(OC(F)(F)F)cc1)Cc1ccc(C2CCC2)cc1. The Kier molecular flexibility index (Phi) is 8.25. The minimum absolute atomic E-state index is 0.108. The number of nitrogens with zero attached hydrogens (tertiary/aromatic N) is 1. The fourth-order valence-corrected chi connectivity index (χ4v) is 4.53. The number of ether oxygens (including phenoxy) is 1. The molecule has 0 heterocycles. The molecular weight excluding hydrogens is 532 g/mol. The largest absolute Gasteiger partial charge is 0.573 e. The predicted octanol–water partition coefficient (Wildman–Crippen LogP) is 8.41. The van der Waals surface area contributed by atoms with Gasteiger partial charge in [-0.25, -0.2) is 0 Å². The molecule has 3 nitrogen and oxygen atoms in total. The lowest BCUT2D eigenvalue weighted by molar-refractivity contribution is -0.274. The van der Waals surface area contributed by atoms with Crippen molar-refractivity contribution in [3.63, 3.8) is 0 Å². The molecule has 0 spiro atoms. The lowest BCUT2D eigenvalue weighted by Gasteiger charge is -2.27. The van der Waals surface area contributed by atoms with E-state index in [4.69, 9.17) is 11.6 Å². The van der Waals surface area contributed by atoms with Gasteiger partial charge in [0.1, 0.15) is 5.75 Å². The van der Waals surface area contributed by atoms with Crippen molar-refractivity contribution >= 4 is 17.5 Å². The number of benzene rings is 3. The molecule has 10 heteroatoms. The maximum Gasteiger partial charge on any atom is 0.573 e. The summed E-state index contributed by atoms with van der Waals surface area (Å²) in [7, 11) is 0. The third-order valence-electron chi connectivity index (χ3n) is 6.52. The molecular formula is C28H24ClF6NO2. The van der Waals surface area contributed by atoms with E-state index < -0.39 is 24.0 Å². The molecule has 3 aromatic rings. The van der Waals surface area contributed by atoms with Crippen molar-refractivity contribution in [1.82, 2.24) is 4.90 Å². The Hall–Kier alpha value is -3.20. The zero-order valence-electron chi connectivity index (χ0n) is 20.1. The number of hydrogen-bond donors (Lipinski definition) is 0. The van der Waals surface area contributed by atoms with E-state index in [0.29, 0.717) is 11.5 Å². The third-order valence-corrected chi connectivity index (χ3v) is 6.73. The first-order chi connectivity index (χ1) is 17.9. The molecule has 202 valence electrons. The molecule has 3 aromatic carbocycles. The van der Waals surface area contributed by atoms with Gasteiger partial charge in [-0.2, -0.15) is 13.2 Å². The van der Waals surface area contributed by atoms with Crippen LogP contribution in [0, 0.1) is 0 Å². The van der Waals surface area contributed by atoms with Gasteiger partial charge in [-0.1, -0.05) is 54.4 Å². The number of hydrogen-bond acceptors (Lipinski definition) is 2. The molecule has 0 saturated heterocycles. The molecule has 0 bridgehead atoms. The molecule has 0 aliphatic heterocycles. The van der Waals surface area contributed by atoms with Crippen LogP contribution in [0.1, 0.15) is 57.8 Å². The summed E-state index contributed by atoms with van der Waals surface area (Å²) in [4.78, 5) is 14.8. The van der Waals surface area contributed by atoms with Gasteiger partial charge in [0.05, 0.1) is 5.56 Å². The molecule has 0 aromatic heterocycles. The molecule has 1 fully saturated rings. The lowest BCUT2D eigenvalue weighted by atomic mass is 9.80. The van der Waals surface area contributed by atoms with Crippen LogP contribution < -0.4 is 4.74 Å². The summed E-state index contributed by atoms with van der Waals surface area (Å²) in [6, 6.07) is 15.7. The van der Waals surface area contributed by atoms with E-state index in [1.54, 1.807) is 0 Å². The maximum absolute atomic E-state index is 13.4. The molecule has 1 saturated carbocycles. The standard InChI is InChI=1S/C28H24ClF6NO2/c29-24-15-22(14-23(16-24)27(30,31)32)26(37)36(17-19-4-8-21(9-5-19)20-2-1-3-20)13-12-18-6-10-25(11-7-18)38-28(33,34)35/h4-11,14-16,20H,1-3,12-13,17H2. The second-order valence-corrected chi connectivity index (χ2v) is 9.70. The minimum Gasteiger partial charge on any atom is -0.406 e. The lowest BCUT2D eigenvalue weighted by Crippen LogP contribution is -2.32. The Morgan fingerprint density at radius 3 is 2.08 bits per heavy atom. The van der Waals surface area contributed by atoms with E-state index in [0.717, 1.165) is 30.5 Å². The predicted molar refractivity (Wildman–Crippen MR) is 131 cm³/mol. The van der Waals surface area contributed by atoms with E-state index in [1.807, 2.05) is 24.3 Å². The summed E-state index contributed by atoms with van der Waals surface area (Å²) in [5.41, 5.74) is 1.40. The monoisotopic (exact) mass is 555 g/mol. The van der Waals surface area contributed by atoms with Gasteiger partial charge in [0.25, 0.3) is 5.91 Å². The van der Waals surface area contributed by atoms with Crippen molar-refractivity contribution in [2.24, 2.45) is 0 Å². The smallest absolute Gasteiger partial charge is 0.406 e. The van der Waals surface area contributed by atoms with Gasteiger partial charge in [0.15, 0.2) is 0 Å². The first kappa shape index (κ1) is 27.8. The third kappa shape index (κ3) is 7.43. The van der Waals surface area contributed by atoms with Crippen molar-refractivity contribution in [2.45, 2.75) is 50.7 Å². The van der Waals surface area contributed by atoms with Crippen LogP contribution in [0.15, 0.2) is 66.7 Å². The summed E-state index contributed by atoms with van der Waals surface area (Å²) in [5.74, 6) is -0.490. The second-order valence-electron chi connectivity index (χ2n) is 9.26. The summed E-state index contributed by atoms with van der Waals surface area (Å²) in [6.45, 7) is 0.240. The number of alkyl halides is 6. The highest BCUT2D eigenvalue weighted by Gasteiger charge is 2.33. The van der Waals surface area contributed by atoms with E-state index >= 15 is 0 Å². The second kappa shape index (κ2) is 11.3. The van der Waals surface area contributed by atoms with Gasteiger partial charge < -0.3 is 9.64 Å². The Labute approximate surface area is 221 Å². The zero-order valence-corrected chi connectivity index (χ0v) is 20.8. The topological polar surface area (TPSA) is 29.5 Å². The van der Waals surface area contributed by atoms with E-state index in [9.17, 15) is 31.1 Å². The highest BCUT2D eigenvalue weighted by molar-refractivity contribution is 6.31. The average Bonchev–Trinajstić information content (AvgIpc) is 2.80. The van der Waals surface area contributed by atoms with Gasteiger partial charge in [0.2, 0.25) is 0 Å². The maximum atomic E-state index is 13.4. The highest BCUT2D eigenvalue weighted by atomic mass is 35.5. The zero-order chi connectivity index (χ0) is 27.5. The fraction of sp³-hybridized carbons (Fsp3) is 0.321. The van der Waals surface area contributed by atoms with Crippen LogP contribution in [0.25, 0.3) is 0 Å². The first-order valence-electron chi connectivity index (χ1n) is 12.0. The molecule has 1 amide bonds. The Morgan fingerprint density at radius 2 is 1.53 bits per heavy atom. The highest BCUT2D eigenvalue weighted by Crippen LogP contribution is 2.36. The number of carbonyl (C=O) groups is 1. The quantitative estimate of drug-likeness (QED) is 0.261. The number of amides is 1. The van der Waals surface area contributed by atoms with Crippen LogP contribution in [-0.4, -0.2) is 23.7 Å². The summed E-state index contributed by atoms with van der Waals surface area (Å²) in [5, 5.41) is -0.215. The molecule has 38 heavy (non-hydrogen) atoms. The Morgan fingerprint density at radius 1 is 0.895 bits per heavy atom. The average molecular weight is 556 g/mol. The van der Waals surface area contributed by atoms with Gasteiger partial charge in [-0.15, -0.1) is 13.2 Å². The van der Waals surface area contributed by atoms with Gasteiger partial charge >= 0.3 is 12.5 Å². The van der Waals surface area contributed by atoms with Crippen molar-refractivity contribution in [1.29, 1.82) is 0 Å². The summed E-state index contributed by atoms with van der Waals surface area (Å²) < 4.78 is 81.2. The first-order valence-corrected chi connectivity index (χ1v) is 12.4. The van der Waals surface area contributed by atoms with Crippen molar-refractivity contribution in [2.75, 3.05) is 6.54 Å². The van der Waals surface area contributed by atoms with E-state index in [2.05, 4.69) is 4.74 Å². The van der Waals surface area contributed by atoms with Gasteiger partial charge in [-0.05, 0) is 72.2 Å². The van der Waals surface area contributed by atoms with Crippen molar-refractivity contribution in [3.05, 3.63) is 99.6 Å². The van der Waals surface area contributed by atoms with Crippen LogP contribution in [0.5, 0.6) is 5.75 Å². The van der Waals surface area contributed by atoms with Crippen molar-refractivity contribution in [3.8, 4) is 5.75 Å². The summed E-state index contributed by atoms with van der Waals surface area (Å²) in [6.07, 6.45) is -5.78. The van der Waals surface area contributed by atoms with Crippen LogP contribution >= 0.6 is 11.6 Å². The summed E-state index contributed by atoms with van der Waals surface area (Å²) >= 11 is 5.90. The molecule has 0 unspecified atom stereocenters. The van der Waals surface area contributed by atoms with E-state index in [1.165, 1.54) is 47.2 Å². The Balaban J connectivity index is 1.54. The number of carbonyl (C=O) groups excluding carboxylic acids is 1. The molecule has 1 aliphatic rings. The fourth-order valence-electron chi connectivity index (χ4n) is 4.29. The number of rotatable bonds is 8. The molecule has 0 atom stereocenters. The van der Waals surface area contributed by atoms with E-state index in [-0.39, 0.29) is 35.8 Å². The van der Waals surface area contributed by atoms with Gasteiger partial charge in [0, 0.05) is 23.7 Å². The molecule has 1 aliphatic carbocycles. The van der Waals surface area contributed by atoms with Crippen LogP contribution in [0.4, 0.5) is 26.3 Å². The van der Waals surface area contributed by atoms with Crippen LogP contribution in [0.2, 0.25) is 5.02 Å². The normalized spacial score (nSPS) is 14.2. The molecule has 4 rings (SSSR count). The minimum atomic E-state index is -4.81. The van der Waals surface area contributed by atoms with Crippen LogP contribution in [0.3, 0.4) is 0 Å². The Bertz CT molecular complexity index is 1250.